The van der Waals surface area contributed by atoms with Crippen LogP contribution >= 0.6 is 11.6 Å². The molecule has 1 aromatic carbocycles. The van der Waals surface area contributed by atoms with Gasteiger partial charge in [-0.05, 0) is 38.0 Å². The number of aryl methyl sites for hydroxylation is 1. The molecule has 0 amide bonds. The van der Waals surface area contributed by atoms with Gasteiger partial charge in [0.15, 0.2) is 0 Å². The van der Waals surface area contributed by atoms with Gasteiger partial charge in [0, 0.05) is 24.8 Å². The quantitative estimate of drug-likeness (QED) is 0.802. The summed E-state index contributed by atoms with van der Waals surface area (Å²) in [6, 6.07) is 6.93. The van der Waals surface area contributed by atoms with E-state index in [4.69, 9.17) is 16.3 Å². The van der Waals surface area contributed by atoms with Gasteiger partial charge < -0.3 is 15.0 Å². The molecule has 2 aromatic rings. The van der Waals surface area contributed by atoms with E-state index in [1.165, 1.54) is 32.8 Å². The Balaban J connectivity index is 1.87. The molecule has 0 radical (unpaired) electrons. The fourth-order valence-electron chi connectivity index (χ4n) is 3.06. The van der Waals surface area contributed by atoms with E-state index in [-0.39, 0.29) is 0 Å². The maximum Gasteiger partial charge on any atom is 0.337 e. The lowest BCUT2D eigenvalue weighted by Crippen LogP contribution is -2.25. The van der Waals surface area contributed by atoms with Gasteiger partial charge in [0.1, 0.15) is 5.82 Å². The Bertz CT molecular complexity index is 789. The van der Waals surface area contributed by atoms with Crippen LogP contribution in [0.4, 0.5) is 17.5 Å². The van der Waals surface area contributed by atoms with Crippen molar-refractivity contribution in [3.63, 3.8) is 0 Å². The fourth-order valence-corrected chi connectivity index (χ4v) is 3.22. The summed E-state index contributed by atoms with van der Waals surface area (Å²) < 4.78 is 4.76. The lowest BCUT2D eigenvalue weighted by Gasteiger charge is -2.22. The number of carbonyl (C=O) groups excluding carboxylic acids is 1. The molecule has 0 bridgehead atoms. The third-order valence-electron chi connectivity index (χ3n) is 4.40. The normalized spacial score (nSPS) is 14.7. The highest BCUT2D eigenvalue weighted by atomic mass is 35.5. The lowest BCUT2D eigenvalue weighted by atomic mass is 10.2. The van der Waals surface area contributed by atoms with Gasteiger partial charge in [-0.15, -0.1) is 0 Å². The number of hydrogen-bond donors (Lipinski definition) is 1. The van der Waals surface area contributed by atoms with Gasteiger partial charge in [0.2, 0.25) is 5.95 Å². The summed E-state index contributed by atoms with van der Waals surface area (Å²) in [6.45, 7) is 3.96. The molecule has 1 saturated heterocycles. The summed E-state index contributed by atoms with van der Waals surface area (Å²) in [5.74, 6) is 0.968. The van der Waals surface area contributed by atoms with Crippen LogP contribution < -0.4 is 10.2 Å². The molecule has 1 fully saturated rings. The van der Waals surface area contributed by atoms with Crippen LogP contribution in [0.5, 0.6) is 0 Å². The molecule has 1 aliphatic heterocycles. The van der Waals surface area contributed by atoms with E-state index in [0.717, 1.165) is 24.6 Å². The van der Waals surface area contributed by atoms with Crippen LogP contribution in [0.25, 0.3) is 0 Å². The van der Waals surface area contributed by atoms with Crippen molar-refractivity contribution in [2.24, 2.45) is 0 Å². The molecule has 26 heavy (non-hydrogen) atoms. The molecule has 7 heteroatoms. The number of carbonyl (C=O) groups is 1. The van der Waals surface area contributed by atoms with Crippen molar-refractivity contribution in [1.29, 1.82) is 0 Å². The number of esters is 1. The van der Waals surface area contributed by atoms with Crippen LogP contribution in [0, 0.1) is 6.92 Å². The van der Waals surface area contributed by atoms with Crippen LogP contribution in [0.3, 0.4) is 0 Å². The minimum absolute atomic E-state index is 0.416. The number of aromatic nitrogens is 2. The van der Waals surface area contributed by atoms with E-state index in [9.17, 15) is 4.79 Å². The van der Waals surface area contributed by atoms with Crippen LogP contribution in [0.2, 0.25) is 5.02 Å². The van der Waals surface area contributed by atoms with Gasteiger partial charge in [-0.25, -0.2) is 9.78 Å². The largest absolute Gasteiger partial charge is 0.465 e. The molecule has 1 N–H and O–H groups in total. The van der Waals surface area contributed by atoms with Crippen molar-refractivity contribution in [1.82, 2.24) is 9.97 Å². The lowest BCUT2D eigenvalue weighted by molar-refractivity contribution is 0.0601. The maximum atomic E-state index is 11.7. The van der Waals surface area contributed by atoms with Crippen LogP contribution in [0.1, 0.15) is 41.7 Å². The van der Waals surface area contributed by atoms with Crippen molar-refractivity contribution in [2.75, 3.05) is 30.4 Å². The summed E-state index contributed by atoms with van der Waals surface area (Å²) in [7, 11) is 1.35. The van der Waals surface area contributed by atoms with E-state index in [1.807, 2.05) is 13.0 Å². The molecule has 0 saturated carbocycles. The van der Waals surface area contributed by atoms with E-state index in [0.29, 0.717) is 22.2 Å². The second kappa shape index (κ2) is 8.36. The van der Waals surface area contributed by atoms with Gasteiger partial charge in [-0.3, -0.25) is 0 Å². The Kier molecular flexibility index (Phi) is 5.93. The molecular weight excluding hydrogens is 352 g/mol. The highest BCUT2D eigenvalue weighted by Gasteiger charge is 2.14. The first-order valence-electron chi connectivity index (χ1n) is 8.82. The van der Waals surface area contributed by atoms with Gasteiger partial charge >= 0.3 is 5.97 Å². The molecule has 2 heterocycles. The molecule has 6 nitrogen and oxygen atoms in total. The second-order valence-electron chi connectivity index (χ2n) is 6.40. The van der Waals surface area contributed by atoms with Crippen molar-refractivity contribution >= 4 is 35.0 Å². The predicted octanol–water partition coefficient (Wildman–Crippen LogP) is 4.35. The maximum absolute atomic E-state index is 11.7. The zero-order chi connectivity index (χ0) is 18.5. The van der Waals surface area contributed by atoms with Crippen molar-refractivity contribution in [3.05, 3.63) is 40.5 Å². The zero-order valence-corrected chi connectivity index (χ0v) is 15.8. The van der Waals surface area contributed by atoms with E-state index >= 15 is 0 Å². The molecule has 1 aliphatic rings. The first-order chi connectivity index (χ1) is 12.6. The number of anilines is 3. The van der Waals surface area contributed by atoms with E-state index < -0.39 is 5.97 Å². The van der Waals surface area contributed by atoms with E-state index in [2.05, 4.69) is 20.2 Å². The van der Waals surface area contributed by atoms with E-state index in [1.54, 1.807) is 18.2 Å². The number of benzene rings is 1. The average molecular weight is 375 g/mol. The minimum Gasteiger partial charge on any atom is -0.465 e. The number of nitrogens with zero attached hydrogens (tertiary/aromatic N) is 3. The fraction of sp³-hybridized carbons (Fsp3) is 0.421. The summed E-state index contributed by atoms with van der Waals surface area (Å²) in [6.07, 6.45) is 4.89. The molecule has 3 rings (SSSR count). The standard InChI is InChI=1S/C19H23ClN4O2/c1-13-11-17(24-9-5-3-4-6-10-24)23-19(21-13)22-16-12-14(18(25)26-2)7-8-15(16)20/h7-8,11-12H,3-6,9-10H2,1-2H3,(H,21,22,23). The molecular formula is C19H23ClN4O2. The van der Waals surface area contributed by atoms with Crippen molar-refractivity contribution in [3.8, 4) is 0 Å². The summed E-state index contributed by atoms with van der Waals surface area (Å²) in [5.41, 5.74) is 1.86. The number of halogens is 1. The highest BCUT2D eigenvalue weighted by molar-refractivity contribution is 6.33. The SMILES string of the molecule is COC(=O)c1ccc(Cl)c(Nc2nc(C)cc(N3CCCCCC3)n2)c1. The van der Waals surface area contributed by atoms with Gasteiger partial charge in [-0.2, -0.15) is 4.98 Å². The summed E-state index contributed by atoms with van der Waals surface area (Å²) in [4.78, 5) is 23.2. The molecule has 0 atom stereocenters. The highest BCUT2D eigenvalue weighted by Crippen LogP contribution is 2.27. The third-order valence-corrected chi connectivity index (χ3v) is 4.73. The molecule has 0 aliphatic carbocycles. The monoisotopic (exact) mass is 374 g/mol. The summed E-state index contributed by atoms with van der Waals surface area (Å²) in [5, 5.41) is 3.62. The predicted molar refractivity (Wildman–Crippen MR) is 104 cm³/mol. The molecule has 138 valence electrons. The van der Waals surface area contributed by atoms with Gasteiger partial charge in [-0.1, -0.05) is 24.4 Å². The summed E-state index contributed by atoms with van der Waals surface area (Å²) >= 11 is 6.26. The Morgan fingerprint density at radius 3 is 2.58 bits per heavy atom. The Morgan fingerprint density at radius 1 is 1.15 bits per heavy atom. The third kappa shape index (κ3) is 4.43. The number of nitrogens with one attached hydrogen (secondary N) is 1. The second-order valence-corrected chi connectivity index (χ2v) is 6.81. The van der Waals surface area contributed by atoms with Crippen LogP contribution in [-0.4, -0.2) is 36.1 Å². The topological polar surface area (TPSA) is 67.3 Å². The zero-order valence-electron chi connectivity index (χ0n) is 15.1. The van der Waals surface area contributed by atoms with Crippen LogP contribution in [-0.2, 0) is 4.74 Å². The number of methoxy groups -OCH3 is 1. The van der Waals surface area contributed by atoms with Crippen LogP contribution in [0.15, 0.2) is 24.3 Å². The molecule has 0 unspecified atom stereocenters. The Labute approximate surface area is 158 Å². The van der Waals surface area contributed by atoms with Crippen molar-refractivity contribution < 1.29 is 9.53 Å². The Morgan fingerprint density at radius 2 is 1.88 bits per heavy atom. The van der Waals surface area contributed by atoms with Gasteiger partial charge in [0.05, 0.1) is 23.4 Å². The smallest absolute Gasteiger partial charge is 0.337 e. The average Bonchev–Trinajstić information content (AvgIpc) is 2.92. The minimum atomic E-state index is -0.417. The van der Waals surface area contributed by atoms with Gasteiger partial charge in [0.25, 0.3) is 0 Å². The Hall–Kier alpha value is -2.34. The first kappa shape index (κ1) is 18.5. The molecule has 0 spiro atoms. The first-order valence-corrected chi connectivity index (χ1v) is 9.20. The number of rotatable bonds is 4. The number of ether oxygens (including phenoxy) is 1. The number of hydrogen-bond acceptors (Lipinski definition) is 6. The van der Waals surface area contributed by atoms with Crippen molar-refractivity contribution in [2.45, 2.75) is 32.6 Å². The molecule has 1 aromatic heterocycles.